The van der Waals surface area contributed by atoms with E-state index in [4.69, 9.17) is 16.6 Å². The molecule has 0 saturated carbocycles. The first-order chi connectivity index (χ1) is 12.5. The molecule has 0 bridgehead atoms. The lowest BCUT2D eigenvalue weighted by atomic mass is 10.1. The van der Waals surface area contributed by atoms with Crippen molar-refractivity contribution in [3.63, 3.8) is 0 Å². The van der Waals surface area contributed by atoms with Crippen molar-refractivity contribution in [1.82, 2.24) is 24.7 Å². The van der Waals surface area contributed by atoms with E-state index in [0.29, 0.717) is 0 Å². The molecule has 0 aliphatic carbocycles. The lowest BCUT2D eigenvalue weighted by Crippen LogP contribution is -2.08. The van der Waals surface area contributed by atoms with E-state index >= 15 is 0 Å². The van der Waals surface area contributed by atoms with Gasteiger partial charge in [0.2, 0.25) is 0 Å². The summed E-state index contributed by atoms with van der Waals surface area (Å²) in [6.45, 7) is 4.16. The molecular formula is C18H17ClN6S. The first-order valence-electron chi connectivity index (χ1n) is 8.15. The van der Waals surface area contributed by atoms with Crippen LogP contribution in [0.2, 0.25) is 5.02 Å². The summed E-state index contributed by atoms with van der Waals surface area (Å²) in [4.78, 5) is 14.7. The zero-order valence-electron chi connectivity index (χ0n) is 14.6. The molecule has 1 N–H and O–H groups in total. The van der Waals surface area contributed by atoms with Crippen molar-refractivity contribution in [2.45, 2.75) is 19.9 Å². The number of hydrogen-bond acceptors (Lipinski definition) is 6. The average Bonchev–Trinajstić information content (AvgIpc) is 3.20. The van der Waals surface area contributed by atoms with Crippen molar-refractivity contribution in [1.29, 1.82) is 0 Å². The van der Waals surface area contributed by atoms with Gasteiger partial charge in [0.1, 0.15) is 17.2 Å². The molecule has 0 fully saturated rings. The summed E-state index contributed by atoms with van der Waals surface area (Å²) in [5.41, 5.74) is 2.86. The minimum absolute atomic E-state index is 0.0121. The number of nitrogens with zero attached hydrogens (tertiary/aromatic N) is 5. The third kappa shape index (κ3) is 3.04. The van der Waals surface area contributed by atoms with Crippen molar-refractivity contribution >= 4 is 39.8 Å². The van der Waals surface area contributed by atoms with Crippen molar-refractivity contribution in [2.24, 2.45) is 7.05 Å². The van der Waals surface area contributed by atoms with E-state index in [9.17, 15) is 0 Å². The molecule has 3 aromatic heterocycles. The molecule has 0 amide bonds. The SMILES string of the molecule is Cc1sc(C(C)Nc2ncnc3c2cnn3C)nc1-c1ccc(Cl)cc1. The first-order valence-corrected chi connectivity index (χ1v) is 9.35. The Hall–Kier alpha value is -2.51. The number of thiazole rings is 1. The molecule has 0 spiro atoms. The van der Waals surface area contributed by atoms with Crippen molar-refractivity contribution < 1.29 is 0 Å². The number of hydrogen-bond donors (Lipinski definition) is 1. The smallest absolute Gasteiger partial charge is 0.163 e. The number of rotatable bonds is 4. The van der Waals surface area contributed by atoms with Crippen LogP contribution in [0.25, 0.3) is 22.3 Å². The van der Waals surface area contributed by atoms with Crippen molar-refractivity contribution in [3.8, 4) is 11.3 Å². The topological polar surface area (TPSA) is 68.5 Å². The number of benzene rings is 1. The maximum Gasteiger partial charge on any atom is 0.163 e. The normalized spacial score (nSPS) is 12.5. The number of aryl methyl sites for hydroxylation is 2. The molecule has 6 nitrogen and oxygen atoms in total. The van der Waals surface area contributed by atoms with Gasteiger partial charge in [-0.15, -0.1) is 11.3 Å². The van der Waals surface area contributed by atoms with Crippen LogP contribution in [-0.2, 0) is 7.05 Å². The molecule has 0 aliphatic heterocycles. The lowest BCUT2D eigenvalue weighted by Gasteiger charge is -2.12. The number of fused-ring (bicyclic) bond motifs is 1. The fraction of sp³-hybridized carbons (Fsp3) is 0.222. The lowest BCUT2D eigenvalue weighted by molar-refractivity contribution is 0.785. The highest BCUT2D eigenvalue weighted by atomic mass is 35.5. The Bertz CT molecular complexity index is 1070. The van der Waals surface area contributed by atoms with E-state index < -0.39 is 0 Å². The average molecular weight is 385 g/mol. The number of anilines is 1. The van der Waals surface area contributed by atoms with Gasteiger partial charge in [0.25, 0.3) is 0 Å². The molecule has 132 valence electrons. The standard InChI is InChI=1S/C18H17ClN6S/c1-10(23-16-14-8-22-25(3)17(14)21-9-20-16)18-24-15(11(2)26-18)12-4-6-13(19)7-5-12/h4-10H,1-3H3,(H,20,21,23). The maximum absolute atomic E-state index is 5.99. The van der Waals surface area contributed by atoms with Crippen LogP contribution < -0.4 is 5.32 Å². The van der Waals surface area contributed by atoms with Crippen LogP contribution >= 0.6 is 22.9 Å². The van der Waals surface area contributed by atoms with Crippen LogP contribution in [0.1, 0.15) is 22.9 Å². The van der Waals surface area contributed by atoms with E-state index in [1.54, 1.807) is 28.5 Å². The number of aromatic nitrogens is 5. The van der Waals surface area contributed by atoms with Gasteiger partial charge in [-0.05, 0) is 26.0 Å². The molecule has 4 rings (SSSR count). The first kappa shape index (κ1) is 16.9. The largest absolute Gasteiger partial charge is 0.360 e. The third-order valence-corrected chi connectivity index (χ3v) is 5.59. The fourth-order valence-electron chi connectivity index (χ4n) is 2.82. The van der Waals surface area contributed by atoms with Crippen LogP contribution in [-0.4, -0.2) is 24.7 Å². The second kappa shape index (κ2) is 6.66. The predicted molar refractivity (Wildman–Crippen MR) is 106 cm³/mol. The highest BCUT2D eigenvalue weighted by Crippen LogP contribution is 2.32. The Balaban J connectivity index is 1.63. The number of nitrogens with one attached hydrogen (secondary N) is 1. The summed E-state index contributed by atoms with van der Waals surface area (Å²) in [7, 11) is 1.87. The Morgan fingerprint density at radius 1 is 1.19 bits per heavy atom. The highest BCUT2D eigenvalue weighted by Gasteiger charge is 2.17. The summed E-state index contributed by atoms with van der Waals surface area (Å²) in [6.07, 6.45) is 3.32. The molecule has 3 heterocycles. The van der Waals surface area contributed by atoms with E-state index in [1.165, 1.54) is 4.88 Å². The van der Waals surface area contributed by atoms with Gasteiger partial charge < -0.3 is 5.32 Å². The van der Waals surface area contributed by atoms with Crippen LogP contribution in [0.15, 0.2) is 36.8 Å². The highest BCUT2D eigenvalue weighted by molar-refractivity contribution is 7.12. The number of halogens is 1. The summed E-state index contributed by atoms with van der Waals surface area (Å²) in [5, 5.41) is 10.3. The van der Waals surface area contributed by atoms with Gasteiger partial charge in [0.05, 0.1) is 23.3 Å². The fourth-order valence-corrected chi connectivity index (χ4v) is 3.89. The summed E-state index contributed by atoms with van der Waals surface area (Å²) in [6, 6.07) is 7.78. The van der Waals surface area contributed by atoms with Gasteiger partial charge in [-0.2, -0.15) is 5.10 Å². The third-order valence-electron chi connectivity index (χ3n) is 4.18. The quantitative estimate of drug-likeness (QED) is 0.556. The van der Waals surface area contributed by atoms with E-state index in [0.717, 1.165) is 38.1 Å². The van der Waals surface area contributed by atoms with Crippen LogP contribution in [0.4, 0.5) is 5.82 Å². The summed E-state index contributed by atoms with van der Waals surface area (Å²) in [5.74, 6) is 0.761. The molecule has 1 atom stereocenters. The Kier molecular flexibility index (Phi) is 4.34. The Morgan fingerprint density at radius 3 is 2.73 bits per heavy atom. The second-order valence-corrected chi connectivity index (χ2v) is 7.73. The monoisotopic (exact) mass is 384 g/mol. The zero-order valence-corrected chi connectivity index (χ0v) is 16.1. The van der Waals surface area contributed by atoms with Gasteiger partial charge in [0, 0.05) is 22.5 Å². The van der Waals surface area contributed by atoms with Crippen LogP contribution in [0.5, 0.6) is 0 Å². The Labute approximate surface area is 159 Å². The molecular weight excluding hydrogens is 368 g/mol. The molecule has 1 aromatic carbocycles. The van der Waals surface area contributed by atoms with Gasteiger partial charge in [-0.3, -0.25) is 4.68 Å². The van der Waals surface area contributed by atoms with Crippen molar-refractivity contribution in [2.75, 3.05) is 5.32 Å². The molecule has 0 aliphatic rings. The molecule has 26 heavy (non-hydrogen) atoms. The molecule has 1 unspecified atom stereocenters. The predicted octanol–water partition coefficient (Wildman–Crippen LogP) is 4.62. The summed E-state index contributed by atoms with van der Waals surface area (Å²) < 4.78 is 1.74. The second-order valence-electron chi connectivity index (χ2n) is 6.06. The van der Waals surface area contributed by atoms with Crippen LogP contribution in [0.3, 0.4) is 0 Å². The van der Waals surface area contributed by atoms with Gasteiger partial charge in [0.15, 0.2) is 5.65 Å². The molecule has 4 aromatic rings. The molecule has 0 saturated heterocycles. The van der Waals surface area contributed by atoms with Crippen molar-refractivity contribution in [3.05, 3.63) is 51.7 Å². The maximum atomic E-state index is 5.99. The van der Waals surface area contributed by atoms with E-state index in [2.05, 4.69) is 34.2 Å². The zero-order chi connectivity index (χ0) is 18.3. The molecule has 8 heteroatoms. The van der Waals surface area contributed by atoms with Gasteiger partial charge in [-0.1, -0.05) is 23.7 Å². The summed E-state index contributed by atoms with van der Waals surface area (Å²) >= 11 is 7.67. The van der Waals surface area contributed by atoms with Crippen LogP contribution in [0, 0.1) is 6.92 Å². The van der Waals surface area contributed by atoms with Gasteiger partial charge in [-0.25, -0.2) is 15.0 Å². The minimum Gasteiger partial charge on any atom is -0.360 e. The van der Waals surface area contributed by atoms with Gasteiger partial charge >= 0.3 is 0 Å². The molecule has 0 radical (unpaired) electrons. The van der Waals surface area contributed by atoms with E-state index in [-0.39, 0.29) is 6.04 Å². The minimum atomic E-state index is 0.0121. The van der Waals surface area contributed by atoms with E-state index in [1.807, 2.05) is 31.3 Å². The Morgan fingerprint density at radius 2 is 1.96 bits per heavy atom.